The van der Waals surface area contributed by atoms with Crippen LogP contribution in [-0.2, 0) is 19.1 Å². The number of ether oxygens (including phenoxy) is 1. The molecule has 1 aromatic rings. The average Bonchev–Trinajstić information content (AvgIpc) is 2.95. The zero-order valence-corrected chi connectivity index (χ0v) is 17.2. The number of likely N-dealkylation sites (N-methyl/N-ethyl adjacent to an activating group) is 1. The molecule has 8 nitrogen and oxygen atoms in total. The summed E-state index contributed by atoms with van der Waals surface area (Å²) in [5, 5.41) is 2.77. The second kappa shape index (κ2) is 8.81. The van der Waals surface area contributed by atoms with E-state index >= 15 is 0 Å². The number of hydrogen-bond donors (Lipinski definition) is 1. The van der Waals surface area contributed by atoms with E-state index in [0.29, 0.717) is 18.7 Å². The number of hydrogen-bond acceptors (Lipinski definition) is 5. The van der Waals surface area contributed by atoms with Gasteiger partial charge in [-0.15, -0.1) is 0 Å². The van der Waals surface area contributed by atoms with Crippen molar-refractivity contribution in [3.8, 4) is 0 Å². The fraction of sp³-hybridized carbons (Fsp3) is 0.524. The van der Waals surface area contributed by atoms with Gasteiger partial charge in [-0.05, 0) is 49.9 Å². The van der Waals surface area contributed by atoms with E-state index in [0.717, 1.165) is 24.2 Å². The molecule has 2 atom stereocenters. The number of benzene rings is 1. The van der Waals surface area contributed by atoms with Gasteiger partial charge in [0, 0.05) is 12.2 Å². The molecule has 0 radical (unpaired) electrons. The minimum Gasteiger partial charge on any atom is -0.454 e. The number of nitrogens with one attached hydrogen (secondary N) is 1. The summed E-state index contributed by atoms with van der Waals surface area (Å²) in [6.45, 7) is 2.87. The Labute approximate surface area is 174 Å². The first-order valence-corrected chi connectivity index (χ1v) is 10.1. The lowest BCUT2D eigenvalue weighted by Gasteiger charge is -2.36. The van der Waals surface area contributed by atoms with E-state index in [-0.39, 0.29) is 5.92 Å². The SMILES string of the molecule is CCN(C(=O)COC(=O)CN1C(=O)N[C@]2(CCCC[C@H]2C)C1=O)c1ccc(F)cc1. The van der Waals surface area contributed by atoms with Crippen LogP contribution in [0.25, 0.3) is 0 Å². The van der Waals surface area contributed by atoms with E-state index in [1.54, 1.807) is 6.92 Å². The summed E-state index contributed by atoms with van der Waals surface area (Å²) in [5.41, 5.74) is -0.477. The quantitative estimate of drug-likeness (QED) is 0.563. The van der Waals surface area contributed by atoms with Crippen LogP contribution in [-0.4, -0.2) is 54.0 Å². The van der Waals surface area contributed by atoms with Gasteiger partial charge in [0.2, 0.25) is 0 Å². The van der Waals surface area contributed by atoms with Crippen molar-refractivity contribution in [1.82, 2.24) is 10.2 Å². The number of imide groups is 1. The molecule has 1 N–H and O–H groups in total. The molecule has 0 bridgehead atoms. The highest BCUT2D eigenvalue weighted by atomic mass is 19.1. The maximum atomic E-state index is 13.1. The van der Waals surface area contributed by atoms with Gasteiger partial charge in [0.1, 0.15) is 17.9 Å². The fourth-order valence-corrected chi connectivity index (χ4v) is 4.16. The predicted molar refractivity (Wildman–Crippen MR) is 106 cm³/mol. The molecule has 1 heterocycles. The third-order valence-electron chi connectivity index (χ3n) is 5.90. The van der Waals surface area contributed by atoms with Crippen molar-refractivity contribution in [2.75, 3.05) is 24.6 Å². The monoisotopic (exact) mass is 419 g/mol. The predicted octanol–water partition coefficient (Wildman–Crippen LogP) is 2.22. The van der Waals surface area contributed by atoms with E-state index in [9.17, 15) is 23.6 Å². The number of halogens is 1. The largest absolute Gasteiger partial charge is 0.454 e. The summed E-state index contributed by atoms with van der Waals surface area (Å²) in [4.78, 5) is 52.0. The number of urea groups is 1. The number of anilines is 1. The molecule has 4 amide bonds. The van der Waals surface area contributed by atoms with Crippen molar-refractivity contribution in [1.29, 1.82) is 0 Å². The van der Waals surface area contributed by atoms with Gasteiger partial charge in [-0.1, -0.05) is 19.8 Å². The van der Waals surface area contributed by atoms with Crippen LogP contribution in [0.3, 0.4) is 0 Å². The Morgan fingerprint density at radius 3 is 2.60 bits per heavy atom. The lowest BCUT2D eigenvalue weighted by molar-refractivity contribution is -0.151. The molecule has 1 saturated carbocycles. The summed E-state index contributed by atoms with van der Waals surface area (Å²) in [7, 11) is 0. The molecular weight excluding hydrogens is 393 g/mol. The van der Waals surface area contributed by atoms with E-state index in [1.807, 2.05) is 6.92 Å². The zero-order valence-electron chi connectivity index (χ0n) is 17.2. The van der Waals surface area contributed by atoms with Crippen molar-refractivity contribution < 1.29 is 28.3 Å². The Balaban J connectivity index is 1.57. The van der Waals surface area contributed by atoms with Crippen molar-refractivity contribution in [3.05, 3.63) is 30.1 Å². The van der Waals surface area contributed by atoms with Crippen molar-refractivity contribution in [2.24, 2.45) is 5.92 Å². The maximum absolute atomic E-state index is 13.1. The molecule has 2 fully saturated rings. The van der Waals surface area contributed by atoms with E-state index in [1.165, 1.54) is 29.2 Å². The van der Waals surface area contributed by atoms with E-state index in [4.69, 9.17) is 4.74 Å². The molecule has 9 heteroatoms. The summed E-state index contributed by atoms with van der Waals surface area (Å²) in [5.74, 6) is -2.19. The molecular formula is C21H26FN3O5. The highest BCUT2D eigenvalue weighted by Gasteiger charge is 2.55. The van der Waals surface area contributed by atoms with Crippen LogP contribution in [0, 0.1) is 11.7 Å². The summed E-state index contributed by atoms with van der Waals surface area (Å²) in [6, 6.07) is 4.76. The van der Waals surface area contributed by atoms with Crippen LogP contribution in [0.1, 0.15) is 39.5 Å². The zero-order chi connectivity index (χ0) is 21.9. The van der Waals surface area contributed by atoms with Gasteiger partial charge >= 0.3 is 12.0 Å². The van der Waals surface area contributed by atoms with Crippen LogP contribution in [0.5, 0.6) is 0 Å². The van der Waals surface area contributed by atoms with Gasteiger partial charge in [-0.3, -0.25) is 19.3 Å². The average molecular weight is 419 g/mol. The normalized spacial score (nSPS) is 23.4. The van der Waals surface area contributed by atoms with Crippen LogP contribution in [0.15, 0.2) is 24.3 Å². The first-order chi connectivity index (χ1) is 14.3. The molecule has 1 aliphatic heterocycles. The fourth-order valence-electron chi connectivity index (χ4n) is 4.16. The van der Waals surface area contributed by atoms with Crippen molar-refractivity contribution in [2.45, 2.75) is 45.1 Å². The van der Waals surface area contributed by atoms with E-state index in [2.05, 4.69) is 5.32 Å². The maximum Gasteiger partial charge on any atom is 0.326 e. The molecule has 3 rings (SSSR count). The number of carbonyl (C=O) groups excluding carboxylic acids is 4. The van der Waals surface area contributed by atoms with Crippen LogP contribution in [0.4, 0.5) is 14.9 Å². The molecule has 2 aliphatic rings. The van der Waals surface area contributed by atoms with Gasteiger partial charge < -0.3 is 15.0 Å². The van der Waals surface area contributed by atoms with Crippen LogP contribution in [0.2, 0.25) is 0 Å². The summed E-state index contributed by atoms with van der Waals surface area (Å²) < 4.78 is 18.1. The van der Waals surface area contributed by atoms with Gasteiger partial charge in [-0.2, -0.15) is 0 Å². The Kier molecular flexibility index (Phi) is 6.38. The Morgan fingerprint density at radius 2 is 1.97 bits per heavy atom. The van der Waals surface area contributed by atoms with Crippen LogP contribution < -0.4 is 10.2 Å². The highest BCUT2D eigenvalue weighted by molar-refractivity contribution is 6.09. The number of carbonyl (C=O) groups is 4. The molecule has 0 aromatic heterocycles. The minimum absolute atomic E-state index is 0.0147. The summed E-state index contributed by atoms with van der Waals surface area (Å²) in [6.07, 6.45) is 3.21. The summed E-state index contributed by atoms with van der Waals surface area (Å²) >= 11 is 0. The number of esters is 1. The molecule has 1 saturated heterocycles. The van der Waals surface area contributed by atoms with Crippen molar-refractivity contribution in [3.63, 3.8) is 0 Å². The molecule has 1 aliphatic carbocycles. The first-order valence-electron chi connectivity index (χ1n) is 10.1. The lowest BCUT2D eigenvalue weighted by Crippen LogP contribution is -2.54. The van der Waals surface area contributed by atoms with Gasteiger partial charge in [0.25, 0.3) is 11.8 Å². The number of amides is 4. The topological polar surface area (TPSA) is 96.0 Å². The number of nitrogens with zero attached hydrogens (tertiary/aromatic N) is 2. The van der Waals surface area contributed by atoms with Crippen molar-refractivity contribution >= 4 is 29.5 Å². The second-order valence-corrected chi connectivity index (χ2v) is 7.71. The Morgan fingerprint density at radius 1 is 1.27 bits per heavy atom. The lowest BCUT2D eigenvalue weighted by atomic mass is 9.73. The third kappa shape index (κ3) is 4.15. The standard InChI is InChI=1S/C21H26FN3O5/c1-3-24(16-9-7-15(22)8-10-16)17(26)13-30-18(27)12-25-19(28)21(23-20(25)29)11-5-4-6-14(21)2/h7-10,14H,3-6,11-13H2,1-2H3,(H,23,29)/t14-,21+/m1/s1. The third-order valence-corrected chi connectivity index (χ3v) is 5.90. The molecule has 30 heavy (non-hydrogen) atoms. The van der Waals surface area contributed by atoms with Gasteiger partial charge in [0.05, 0.1) is 0 Å². The minimum atomic E-state index is -0.951. The Hall–Kier alpha value is -2.97. The molecule has 0 unspecified atom stereocenters. The molecule has 1 spiro atoms. The van der Waals surface area contributed by atoms with Crippen LogP contribution >= 0.6 is 0 Å². The Bertz CT molecular complexity index is 844. The second-order valence-electron chi connectivity index (χ2n) is 7.71. The molecule has 162 valence electrons. The van der Waals surface area contributed by atoms with Gasteiger partial charge in [-0.25, -0.2) is 9.18 Å². The van der Waals surface area contributed by atoms with E-state index < -0.39 is 48.3 Å². The highest BCUT2D eigenvalue weighted by Crippen LogP contribution is 2.38. The molecule has 1 aromatic carbocycles. The van der Waals surface area contributed by atoms with Gasteiger partial charge in [0.15, 0.2) is 6.61 Å². The number of rotatable bonds is 6. The smallest absolute Gasteiger partial charge is 0.326 e. The first kappa shape index (κ1) is 21.7.